The van der Waals surface area contributed by atoms with E-state index < -0.39 is 17.6 Å². The van der Waals surface area contributed by atoms with Gasteiger partial charge in [-0.3, -0.25) is 4.79 Å². The summed E-state index contributed by atoms with van der Waals surface area (Å²) in [4.78, 5) is 11.7. The molecule has 140 valence electrons. The minimum atomic E-state index is -4.63. The molecule has 2 aromatic carbocycles. The minimum Gasteiger partial charge on any atom is -0.493 e. The molecule has 2 rings (SSSR count). The number of alkyl halides is 3. The molecular weight excluding hydrogens is 370 g/mol. The van der Waals surface area contributed by atoms with Crippen molar-refractivity contribution < 1.29 is 27.1 Å². The van der Waals surface area contributed by atoms with Crippen LogP contribution in [0.15, 0.2) is 48.5 Å². The maximum absolute atomic E-state index is 13.3. The molecule has 1 N–H and O–H groups in total. The van der Waals surface area contributed by atoms with Gasteiger partial charge < -0.3 is 10.1 Å². The number of hydrogen-bond donors (Lipinski definition) is 1. The van der Waals surface area contributed by atoms with Crippen molar-refractivity contribution in [1.82, 2.24) is 5.32 Å². The van der Waals surface area contributed by atoms with Crippen molar-refractivity contribution in [1.29, 1.82) is 0 Å². The Morgan fingerprint density at radius 2 is 1.85 bits per heavy atom. The highest BCUT2D eigenvalue weighted by Crippen LogP contribution is 2.30. The summed E-state index contributed by atoms with van der Waals surface area (Å²) in [6.07, 6.45) is -4.63. The Hall–Kier alpha value is -2.22. The van der Waals surface area contributed by atoms with Gasteiger partial charge in [-0.2, -0.15) is 13.2 Å². The molecule has 2 aromatic rings. The normalized spacial score (nSPS) is 11.2. The van der Waals surface area contributed by atoms with Crippen LogP contribution in [0.25, 0.3) is 0 Å². The number of carbonyl (C=O) groups is 1. The van der Waals surface area contributed by atoms with Gasteiger partial charge in [0.15, 0.2) is 0 Å². The predicted molar refractivity (Wildman–Crippen MR) is 92.5 cm³/mol. The van der Waals surface area contributed by atoms with Gasteiger partial charge >= 0.3 is 6.18 Å². The van der Waals surface area contributed by atoms with Crippen molar-refractivity contribution >= 4 is 17.7 Å². The molecule has 0 heterocycles. The van der Waals surface area contributed by atoms with Crippen molar-refractivity contribution in [2.45, 2.75) is 12.7 Å². The Bertz CT molecular complexity index is 723. The number of ether oxygens (including phenoxy) is 1. The SMILES string of the molecule is O=C(CSCCOc1ccccc1)NCc1cc(F)cc(C(F)(F)F)c1. The molecule has 0 atom stereocenters. The summed E-state index contributed by atoms with van der Waals surface area (Å²) in [5, 5.41) is 2.48. The van der Waals surface area contributed by atoms with Crippen LogP contribution in [0.3, 0.4) is 0 Å². The highest BCUT2D eigenvalue weighted by atomic mass is 32.2. The molecule has 0 aliphatic heterocycles. The Morgan fingerprint density at radius 1 is 1.12 bits per heavy atom. The van der Waals surface area contributed by atoms with Gasteiger partial charge in [-0.25, -0.2) is 4.39 Å². The van der Waals surface area contributed by atoms with Crippen LogP contribution < -0.4 is 10.1 Å². The summed E-state index contributed by atoms with van der Waals surface area (Å²) < 4.78 is 56.7. The molecule has 0 fully saturated rings. The Balaban J connectivity index is 1.69. The highest BCUT2D eigenvalue weighted by Gasteiger charge is 2.31. The number of halogens is 4. The first-order valence-corrected chi connectivity index (χ1v) is 8.89. The second kappa shape index (κ2) is 9.47. The Labute approximate surface area is 152 Å². The average molecular weight is 387 g/mol. The standard InChI is InChI=1S/C18H17F4NO2S/c19-15-9-13(8-14(10-15)18(20,21)22)11-23-17(24)12-26-7-6-25-16-4-2-1-3-5-16/h1-5,8-10H,6-7,11-12H2,(H,23,24). The van der Waals surface area contributed by atoms with Gasteiger partial charge in [-0.15, -0.1) is 11.8 Å². The number of benzene rings is 2. The zero-order chi connectivity index (χ0) is 19.0. The third-order valence-corrected chi connectivity index (χ3v) is 4.17. The van der Waals surface area contributed by atoms with E-state index in [4.69, 9.17) is 4.74 Å². The quantitative estimate of drug-likeness (QED) is 0.543. The molecule has 26 heavy (non-hydrogen) atoms. The lowest BCUT2D eigenvalue weighted by Crippen LogP contribution is -2.25. The number of nitrogens with one attached hydrogen (secondary N) is 1. The van der Waals surface area contributed by atoms with E-state index in [2.05, 4.69) is 5.32 Å². The van der Waals surface area contributed by atoms with Crippen LogP contribution >= 0.6 is 11.8 Å². The van der Waals surface area contributed by atoms with E-state index in [1.54, 1.807) is 0 Å². The molecule has 0 aliphatic rings. The Kier molecular flexibility index (Phi) is 7.32. The second-order valence-corrected chi connectivity index (χ2v) is 6.44. The molecule has 1 amide bonds. The lowest BCUT2D eigenvalue weighted by Gasteiger charge is -2.10. The first-order valence-electron chi connectivity index (χ1n) is 7.73. The zero-order valence-corrected chi connectivity index (χ0v) is 14.5. The monoisotopic (exact) mass is 387 g/mol. The highest BCUT2D eigenvalue weighted by molar-refractivity contribution is 7.99. The van der Waals surface area contributed by atoms with Gasteiger partial charge in [0, 0.05) is 12.3 Å². The first-order chi connectivity index (χ1) is 12.3. The molecule has 0 spiro atoms. The van der Waals surface area contributed by atoms with Gasteiger partial charge in [0.25, 0.3) is 0 Å². The molecule has 0 radical (unpaired) electrons. The van der Waals surface area contributed by atoms with E-state index in [9.17, 15) is 22.4 Å². The summed E-state index contributed by atoms with van der Waals surface area (Å²) in [5.41, 5.74) is -1.02. The number of para-hydroxylation sites is 1. The molecule has 3 nitrogen and oxygen atoms in total. The molecule has 0 saturated heterocycles. The van der Waals surface area contributed by atoms with E-state index in [-0.39, 0.29) is 23.8 Å². The lowest BCUT2D eigenvalue weighted by molar-refractivity contribution is -0.137. The van der Waals surface area contributed by atoms with Gasteiger partial charge in [-0.1, -0.05) is 18.2 Å². The fraction of sp³-hybridized carbons (Fsp3) is 0.278. The smallest absolute Gasteiger partial charge is 0.416 e. The van der Waals surface area contributed by atoms with Crippen LogP contribution in [0.2, 0.25) is 0 Å². The number of hydrogen-bond acceptors (Lipinski definition) is 3. The van der Waals surface area contributed by atoms with Crippen LogP contribution in [-0.2, 0) is 17.5 Å². The number of thioether (sulfide) groups is 1. The third kappa shape index (κ3) is 6.95. The van der Waals surface area contributed by atoms with Crippen LogP contribution in [-0.4, -0.2) is 24.0 Å². The maximum Gasteiger partial charge on any atom is 0.416 e. The first kappa shape index (κ1) is 20.1. The van der Waals surface area contributed by atoms with E-state index in [1.807, 2.05) is 30.3 Å². The largest absolute Gasteiger partial charge is 0.493 e. The summed E-state index contributed by atoms with van der Waals surface area (Å²) >= 11 is 1.34. The van der Waals surface area contributed by atoms with Crippen LogP contribution in [0.4, 0.5) is 17.6 Å². The summed E-state index contributed by atoms with van der Waals surface area (Å²) in [5.74, 6) is 0.133. The fourth-order valence-electron chi connectivity index (χ4n) is 2.07. The summed E-state index contributed by atoms with van der Waals surface area (Å²) in [6, 6.07) is 11.5. The zero-order valence-electron chi connectivity index (χ0n) is 13.7. The number of rotatable bonds is 8. The van der Waals surface area contributed by atoms with Crippen molar-refractivity contribution in [3.8, 4) is 5.75 Å². The van der Waals surface area contributed by atoms with Crippen molar-refractivity contribution in [3.05, 3.63) is 65.5 Å². The predicted octanol–water partition coefficient (Wildman–Crippen LogP) is 4.27. The molecular formula is C18H17F4NO2S. The van der Waals surface area contributed by atoms with Gasteiger partial charge in [0.2, 0.25) is 5.91 Å². The minimum absolute atomic E-state index is 0.0584. The van der Waals surface area contributed by atoms with Crippen molar-refractivity contribution in [2.24, 2.45) is 0 Å². The Morgan fingerprint density at radius 3 is 2.54 bits per heavy atom. The average Bonchev–Trinajstić information content (AvgIpc) is 2.59. The molecule has 0 aliphatic carbocycles. The lowest BCUT2D eigenvalue weighted by atomic mass is 10.1. The van der Waals surface area contributed by atoms with Gasteiger partial charge in [0.1, 0.15) is 11.6 Å². The molecule has 0 unspecified atom stereocenters. The molecule has 0 aromatic heterocycles. The molecule has 0 bridgehead atoms. The number of carbonyl (C=O) groups excluding carboxylic acids is 1. The van der Waals surface area contributed by atoms with Gasteiger partial charge in [-0.05, 0) is 35.9 Å². The maximum atomic E-state index is 13.3. The topological polar surface area (TPSA) is 38.3 Å². The molecule has 0 saturated carbocycles. The molecule has 8 heteroatoms. The van der Waals surface area contributed by atoms with E-state index in [0.29, 0.717) is 18.4 Å². The second-order valence-electron chi connectivity index (χ2n) is 5.34. The van der Waals surface area contributed by atoms with E-state index in [0.717, 1.165) is 17.9 Å². The van der Waals surface area contributed by atoms with Crippen molar-refractivity contribution in [3.63, 3.8) is 0 Å². The van der Waals surface area contributed by atoms with E-state index in [1.165, 1.54) is 11.8 Å². The summed E-state index contributed by atoms with van der Waals surface area (Å²) in [7, 11) is 0. The van der Waals surface area contributed by atoms with Crippen molar-refractivity contribution in [2.75, 3.05) is 18.1 Å². The van der Waals surface area contributed by atoms with E-state index >= 15 is 0 Å². The summed E-state index contributed by atoms with van der Waals surface area (Å²) in [6.45, 7) is 0.265. The fourth-order valence-corrected chi connectivity index (χ4v) is 2.70. The van der Waals surface area contributed by atoms with Gasteiger partial charge in [0.05, 0.1) is 17.9 Å². The number of amides is 1. The van der Waals surface area contributed by atoms with Crippen LogP contribution in [0.5, 0.6) is 5.75 Å². The van der Waals surface area contributed by atoms with Crippen LogP contribution in [0.1, 0.15) is 11.1 Å². The third-order valence-electron chi connectivity index (χ3n) is 3.25. The van der Waals surface area contributed by atoms with Crippen LogP contribution in [0, 0.1) is 5.82 Å².